The summed E-state index contributed by atoms with van der Waals surface area (Å²) in [7, 11) is 1.52. The fraction of sp³-hybridized carbons (Fsp3) is 0.357. The molecule has 4 heterocycles. The van der Waals surface area contributed by atoms with E-state index in [1.54, 1.807) is 28.8 Å². The molecule has 2 aliphatic carbocycles. The van der Waals surface area contributed by atoms with Crippen LogP contribution >= 0.6 is 0 Å². The van der Waals surface area contributed by atoms with Crippen molar-refractivity contribution in [2.75, 3.05) is 18.6 Å². The van der Waals surface area contributed by atoms with Crippen molar-refractivity contribution in [1.29, 1.82) is 0 Å². The molecule has 0 atom stereocenters. The molecule has 4 aromatic rings. The van der Waals surface area contributed by atoms with Gasteiger partial charge in [0.25, 0.3) is 5.91 Å². The summed E-state index contributed by atoms with van der Waals surface area (Å²) in [6, 6.07) is 7.03. The number of halogens is 3. The number of imidazole rings is 1. The first-order chi connectivity index (χ1) is 19.8. The molecule has 0 spiro atoms. The van der Waals surface area contributed by atoms with Crippen molar-refractivity contribution in [3.63, 3.8) is 0 Å². The molecule has 3 aromatic heterocycles. The van der Waals surface area contributed by atoms with Crippen LogP contribution in [0.4, 0.5) is 19.0 Å². The molecule has 1 aliphatic heterocycles. The second-order valence-corrected chi connectivity index (χ2v) is 10.4. The summed E-state index contributed by atoms with van der Waals surface area (Å²) >= 11 is 0. The Morgan fingerprint density at radius 3 is 2.51 bits per heavy atom. The number of carbonyl (C=O) groups is 1. The highest BCUT2D eigenvalue weighted by Gasteiger charge is 2.38. The number of benzene rings is 1. The minimum absolute atomic E-state index is 0.0266. The van der Waals surface area contributed by atoms with Gasteiger partial charge in [-0.2, -0.15) is 13.2 Å². The van der Waals surface area contributed by atoms with Gasteiger partial charge < -0.3 is 14.0 Å². The number of methoxy groups -OCH3 is 1. The summed E-state index contributed by atoms with van der Waals surface area (Å²) in [5, 5.41) is 0. The van der Waals surface area contributed by atoms with E-state index in [4.69, 9.17) is 14.5 Å². The van der Waals surface area contributed by atoms with Crippen LogP contribution in [-0.2, 0) is 17.5 Å². The molecule has 13 heteroatoms. The lowest BCUT2D eigenvalue weighted by Gasteiger charge is -2.28. The summed E-state index contributed by atoms with van der Waals surface area (Å²) < 4.78 is 52.8. The van der Waals surface area contributed by atoms with Gasteiger partial charge in [0.1, 0.15) is 17.7 Å². The average molecular weight is 564 g/mol. The van der Waals surface area contributed by atoms with Gasteiger partial charge in [-0.1, -0.05) is 24.3 Å². The lowest BCUT2D eigenvalue weighted by Crippen LogP contribution is -2.39. The monoisotopic (exact) mass is 563 g/mol. The Labute approximate surface area is 232 Å². The number of hydrogen-bond donors (Lipinski definition) is 0. The van der Waals surface area contributed by atoms with Crippen LogP contribution in [0.5, 0.6) is 11.6 Å². The third-order valence-electron chi connectivity index (χ3n) is 7.38. The van der Waals surface area contributed by atoms with Crippen molar-refractivity contribution in [2.45, 2.75) is 50.4 Å². The third kappa shape index (κ3) is 4.74. The van der Waals surface area contributed by atoms with Crippen LogP contribution in [0.25, 0.3) is 22.8 Å². The number of ether oxygens (including phenoxy) is 2. The van der Waals surface area contributed by atoms with E-state index in [1.165, 1.54) is 24.5 Å². The highest BCUT2D eigenvalue weighted by atomic mass is 19.4. The van der Waals surface area contributed by atoms with Gasteiger partial charge in [0.2, 0.25) is 5.88 Å². The van der Waals surface area contributed by atoms with Crippen molar-refractivity contribution in [2.24, 2.45) is 0 Å². The summed E-state index contributed by atoms with van der Waals surface area (Å²) in [5.74, 6) is 1.62. The van der Waals surface area contributed by atoms with Crippen LogP contribution < -0.4 is 14.4 Å². The topological polar surface area (TPSA) is 108 Å². The smallest absolute Gasteiger partial charge is 0.434 e. The molecule has 7 rings (SSSR count). The van der Waals surface area contributed by atoms with Gasteiger partial charge in [0.05, 0.1) is 25.5 Å². The maximum absolute atomic E-state index is 13.4. The van der Waals surface area contributed by atoms with E-state index in [0.29, 0.717) is 34.4 Å². The molecule has 0 radical (unpaired) electrons. The number of rotatable bonds is 7. The summed E-state index contributed by atoms with van der Waals surface area (Å²) in [4.78, 5) is 36.3. The van der Waals surface area contributed by atoms with E-state index in [2.05, 4.69) is 19.9 Å². The van der Waals surface area contributed by atoms with Gasteiger partial charge in [-0.05, 0) is 31.2 Å². The molecule has 0 N–H and O–H groups in total. The first-order valence-corrected chi connectivity index (χ1v) is 13.2. The molecule has 41 heavy (non-hydrogen) atoms. The minimum atomic E-state index is -4.52. The molecular weight excluding hydrogens is 539 g/mol. The van der Waals surface area contributed by atoms with Gasteiger partial charge in [0.15, 0.2) is 29.7 Å². The Kier molecular flexibility index (Phi) is 5.91. The number of hydrogen-bond acceptors (Lipinski definition) is 8. The van der Waals surface area contributed by atoms with Crippen LogP contribution in [0.3, 0.4) is 0 Å². The quantitative estimate of drug-likeness (QED) is 0.311. The Morgan fingerprint density at radius 2 is 1.83 bits per heavy atom. The van der Waals surface area contributed by atoms with Crippen molar-refractivity contribution in [1.82, 2.24) is 29.5 Å². The highest BCUT2D eigenvalue weighted by Crippen LogP contribution is 2.46. The molecular formula is C28H24F3N7O3. The minimum Gasteiger partial charge on any atom is -0.480 e. The maximum atomic E-state index is 13.4. The molecule has 3 aliphatic rings. The van der Waals surface area contributed by atoms with Gasteiger partial charge in [0, 0.05) is 23.7 Å². The van der Waals surface area contributed by atoms with Gasteiger partial charge in [-0.15, -0.1) is 0 Å². The predicted molar refractivity (Wildman–Crippen MR) is 139 cm³/mol. The van der Waals surface area contributed by atoms with Crippen LogP contribution in [0.15, 0.2) is 43.0 Å². The number of amides is 1. The Hall–Kier alpha value is -4.55. The van der Waals surface area contributed by atoms with Crippen molar-refractivity contribution in [3.8, 4) is 34.4 Å². The number of anilines is 1. The van der Waals surface area contributed by atoms with E-state index < -0.39 is 11.9 Å². The van der Waals surface area contributed by atoms with Crippen LogP contribution in [-0.4, -0.2) is 49.1 Å². The molecule has 2 fully saturated rings. The zero-order valence-corrected chi connectivity index (χ0v) is 21.9. The maximum Gasteiger partial charge on any atom is 0.434 e. The zero-order valence-electron chi connectivity index (χ0n) is 21.9. The molecule has 1 amide bonds. The van der Waals surface area contributed by atoms with E-state index in [1.807, 2.05) is 0 Å². The normalized spacial score (nSPS) is 16.9. The van der Waals surface area contributed by atoms with Crippen molar-refractivity contribution < 1.29 is 27.4 Å². The van der Waals surface area contributed by atoms with E-state index in [0.717, 1.165) is 43.1 Å². The Balaban J connectivity index is 1.20. The average Bonchev–Trinajstić information content (AvgIpc) is 3.92. The van der Waals surface area contributed by atoms with E-state index in [-0.39, 0.29) is 36.8 Å². The largest absolute Gasteiger partial charge is 0.480 e. The summed E-state index contributed by atoms with van der Waals surface area (Å²) in [6.45, 7) is 0.00657. The second-order valence-electron chi connectivity index (χ2n) is 10.4. The first-order valence-electron chi connectivity index (χ1n) is 13.2. The van der Waals surface area contributed by atoms with Gasteiger partial charge in [-0.3, -0.25) is 9.69 Å². The summed E-state index contributed by atoms with van der Waals surface area (Å²) in [5.41, 5.74) is 1.82. The molecule has 10 nitrogen and oxygen atoms in total. The van der Waals surface area contributed by atoms with Crippen molar-refractivity contribution >= 4 is 11.7 Å². The highest BCUT2D eigenvalue weighted by molar-refractivity contribution is 5.96. The van der Waals surface area contributed by atoms with Crippen molar-refractivity contribution in [3.05, 3.63) is 59.9 Å². The molecule has 0 unspecified atom stereocenters. The molecule has 0 saturated heterocycles. The molecule has 210 valence electrons. The third-order valence-corrected chi connectivity index (χ3v) is 7.38. The number of aromatic nitrogens is 6. The fourth-order valence-electron chi connectivity index (χ4n) is 5.01. The SMILES string of the molecule is COc1ncnc(C2CC2)c1-c1ncc2c(n1)N(Cc1ccc(-c3nc(C(F)(F)F)cn3C3CC3)cc1)C(=O)CO2. The molecule has 0 bridgehead atoms. The summed E-state index contributed by atoms with van der Waals surface area (Å²) in [6.07, 6.45) is 3.20. The second kappa shape index (κ2) is 9.53. The number of fused-ring (bicyclic) bond motifs is 1. The van der Waals surface area contributed by atoms with Gasteiger partial charge >= 0.3 is 6.18 Å². The van der Waals surface area contributed by atoms with E-state index in [9.17, 15) is 18.0 Å². The van der Waals surface area contributed by atoms with Crippen LogP contribution in [0.2, 0.25) is 0 Å². The van der Waals surface area contributed by atoms with Gasteiger partial charge in [-0.25, -0.2) is 24.9 Å². The number of carbonyl (C=O) groups excluding carboxylic acids is 1. The van der Waals surface area contributed by atoms with Crippen LogP contribution in [0, 0.1) is 0 Å². The number of alkyl halides is 3. The molecule has 2 saturated carbocycles. The first kappa shape index (κ1) is 25.4. The Bertz CT molecular complexity index is 1650. The standard InChI is InChI=1S/C28H24F3N7O3/c1-40-27-22(23(16-6-7-16)33-14-34-27)24-32-10-19-26(36-24)38(21(39)13-41-19)11-15-2-4-17(5-3-15)25-35-20(28(29,30)31)12-37(25)18-8-9-18/h2-5,10,12,14,16,18H,6-9,11,13H2,1H3. The Morgan fingerprint density at radius 1 is 1.05 bits per heavy atom. The predicted octanol–water partition coefficient (Wildman–Crippen LogP) is 4.96. The molecule has 1 aromatic carbocycles. The zero-order chi connectivity index (χ0) is 28.3. The fourth-order valence-corrected chi connectivity index (χ4v) is 5.01. The van der Waals surface area contributed by atoms with E-state index >= 15 is 0 Å². The van der Waals surface area contributed by atoms with Crippen LogP contribution in [0.1, 0.15) is 54.6 Å². The lowest BCUT2D eigenvalue weighted by molar-refractivity contribution is -0.140. The lowest BCUT2D eigenvalue weighted by atomic mass is 10.1. The number of nitrogens with zero attached hydrogens (tertiary/aromatic N) is 7.